The predicted molar refractivity (Wildman–Crippen MR) is 98.9 cm³/mol. The molecule has 0 bridgehead atoms. The summed E-state index contributed by atoms with van der Waals surface area (Å²) in [5.74, 6) is 0.476. The van der Waals surface area contributed by atoms with Crippen molar-refractivity contribution in [1.29, 1.82) is 0 Å². The summed E-state index contributed by atoms with van der Waals surface area (Å²) in [5.41, 5.74) is 1.22. The molecule has 2 heterocycles. The van der Waals surface area contributed by atoms with Crippen LogP contribution in [-0.4, -0.2) is 11.8 Å². The molecule has 0 atom stereocenters. The van der Waals surface area contributed by atoms with Crippen LogP contribution in [0.3, 0.4) is 0 Å². The average Bonchev–Trinajstić information content (AvgIpc) is 3.18. The Hall–Kier alpha value is -2.08. The van der Waals surface area contributed by atoms with E-state index in [-0.39, 0.29) is 11.8 Å². The Morgan fingerprint density at radius 1 is 1.24 bits per heavy atom. The molecule has 6 heteroatoms. The van der Waals surface area contributed by atoms with Crippen LogP contribution in [0.15, 0.2) is 22.8 Å². The molecule has 0 aliphatic heterocycles. The number of fused-ring (bicyclic) bond motifs is 1. The Bertz CT molecular complexity index is 769. The molecule has 2 amide bonds. The first-order chi connectivity index (χ1) is 11.9. The molecule has 2 N–H and O–H groups in total. The molecule has 0 spiro atoms. The number of nitrogens with one attached hydrogen (secondary N) is 2. The van der Waals surface area contributed by atoms with Gasteiger partial charge in [-0.05, 0) is 43.4 Å². The molecule has 2 aromatic heterocycles. The van der Waals surface area contributed by atoms with Gasteiger partial charge in [0.2, 0.25) is 5.91 Å². The number of thiophene rings is 1. The van der Waals surface area contributed by atoms with Crippen molar-refractivity contribution in [3.8, 4) is 0 Å². The molecule has 3 rings (SSSR count). The molecule has 1 aliphatic carbocycles. The van der Waals surface area contributed by atoms with E-state index in [9.17, 15) is 9.59 Å². The molecular formula is C19H24N2O3S. The van der Waals surface area contributed by atoms with Crippen molar-refractivity contribution in [2.45, 2.75) is 53.0 Å². The largest absolute Gasteiger partial charge is 0.467 e. The van der Waals surface area contributed by atoms with E-state index in [0.717, 1.165) is 31.2 Å². The molecule has 2 aromatic rings. The Morgan fingerprint density at radius 3 is 2.68 bits per heavy atom. The highest BCUT2D eigenvalue weighted by Crippen LogP contribution is 2.38. The number of carbonyl (C=O) groups is 2. The normalized spacial score (nSPS) is 14.0. The van der Waals surface area contributed by atoms with Crippen molar-refractivity contribution >= 4 is 28.2 Å². The van der Waals surface area contributed by atoms with E-state index in [1.54, 1.807) is 23.7 Å². The number of hydrogen-bond acceptors (Lipinski definition) is 4. The predicted octanol–water partition coefficient (Wildman–Crippen LogP) is 4.13. The van der Waals surface area contributed by atoms with Crippen LogP contribution in [0.5, 0.6) is 0 Å². The van der Waals surface area contributed by atoms with Crippen LogP contribution in [0, 0.1) is 5.41 Å². The summed E-state index contributed by atoms with van der Waals surface area (Å²) in [5, 5.41) is 6.56. The first-order valence-corrected chi connectivity index (χ1v) is 9.44. The Labute approximate surface area is 151 Å². The number of aryl methyl sites for hydroxylation is 1. The lowest BCUT2D eigenvalue weighted by Gasteiger charge is -2.18. The molecule has 0 unspecified atom stereocenters. The van der Waals surface area contributed by atoms with Gasteiger partial charge in [-0.3, -0.25) is 9.59 Å². The van der Waals surface area contributed by atoms with Gasteiger partial charge in [0, 0.05) is 10.3 Å². The van der Waals surface area contributed by atoms with Crippen molar-refractivity contribution in [2.24, 2.45) is 5.41 Å². The smallest absolute Gasteiger partial charge is 0.254 e. The zero-order chi connectivity index (χ0) is 18.0. The summed E-state index contributed by atoms with van der Waals surface area (Å²) in [7, 11) is 0. The minimum Gasteiger partial charge on any atom is -0.467 e. The highest BCUT2D eigenvalue weighted by atomic mass is 32.1. The van der Waals surface area contributed by atoms with Gasteiger partial charge in [-0.25, -0.2) is 0 Å². The number of furan rings is 1. The van der Waals surface area contributed by atoms with E-state index < -0.39 is 5.41 Å². The van der Waals surface area contributed by atoms with E-state index in [1.165, 1.54) is 4.88 Å². The van der Waals surface area contributed by atoms with Gasteiger partial charge < -0.3 is 15.1 Å². The van der Waals surface area contributed by atoms with Gasteiger partial charge in [-0.2, -0.15) is 0 Å². The number of anilines is 1. The van der Waals surface area contributed by atoms with Gasteiger partial charge >= 0.3 is 0 Å². The first-order valence-electron chi connectivity index (χ1n) is 8.63. The Balaban J connectivity index is 1.86. The van der Waals surface area contributed by atoms with Gasteiger partial charge in [0.05, 0.1) is 18.4 Å². The molecule has 0 saturated heterocycles. The van der Waals surface area contributed by atoms with Gasteiger partial charge in [0.25, 0.3) is 5.91 Å². The average molecular weight is 360 g/mol. The van der Waals surface area contributed by atoms with Crippen LogP contribution < -0.4 is 10.6 Å². The lowest BCUT2D eigenvalue weighted by atomic mass is 9.94. The zero-order valence-electron chi connectivity index (χ0n) is 14.9. The molecule has 1 aliphatic rings. The maximum absolute atomic E-state index is 12.8. The van der Waals surface area contributed by atoms with E-state index in [1.807, 2.05) is 26.8 Å². The fourth-order valence-corrected chi connectivity index (χ4v) is 4.14. The van der Waals surface area contributed by atoms with Crippen LogP contribution in [-0.2, 0) is 24.2 Å². The van der Waals surface area contributed by atoms with Crippen LogP contribution in [0.4, 0.5) is 5.00 Å². The lowest BCUT2D eigenvalue weighted by molar-refractivity contribution is -0.123. The number of rotatable bonds is 4. The van der Waals surface area contributed by atoms with E-state index in [4.69, 9.17) is 4.42 Å². The monoisotopic (exact) mass is 360 g/mol. The zero-order valence-corrected chi connectivity index (χ0v) is 15.7. The van der Waals surface area contributed by atoms with Crippen LogP contribution >= 0.6 is 11.3 Å². The number of amides is 2. The first kappa shape index (κ1) is 17.7. The van der Waals surface area contributed by atoms with Crippen LogP contribution in [0.2, 0.25) is 0 Å². The molecule has 25 heavy (non-hydrogen) atoms. The molecule has 0 fully saturated rings. The second-order valence-electron chi connectivity index (χ2n) is 7.38. The fraction of sp³-hybridized carbons (Fsp3) is 0.474. The van der Waals surface area contributed by atoms with Crippen molar-refractivity contribution < 1.29 is 14.0 Å². The summed E-state index contributed by atoms with van der Waals surface area (Å²) in [4.78, 5) is 26.5. The third-order valence-corrected chi connectivity index (χ3v) is 5.52. The van der Waals surface area contributed by atoms with Crippen LogP contribution in [0.25, 0.3) is 0 Å². The van der Waals surface area contributed by atoms with Gasteiger partial charge in [-0.15, -0.1) is 11.3 Å². The molecule has 0 saturated carbocycles. The summed E-state index contributed by atoms with van der Waals surface area (Å²) < 4.78 is 5.27. The second kappa shape index (κ2) is 7.04. The lowest BCUT2D eigenvalue weighted by Crippen LogP contribution is -2.29. The van der Waals surface area contributed by atoms with Crippen molar-refractivity contribution in [2.75, 3.05) is 5.32 Å². The van der Waals surface area contributed by atoms with Gasteiger partial charge in [-0.1, -0.05) is 20.8 Å². The minimum absolute atomic E-state index is 0.0776. The quantitative estimate of drug-likeness (QED) is 0.861. The van der Waals surface area contributed by atoms with E-state index in [0.29, 0.717) is 22.9 Å². The SMILES string of the molecule is CC(C)(C)C(=O)Nc1sc2c(c1C(=O)NCc1ccco1)CCCC2. The highest BCUT2D eigenvalue weighted by Gasteiger charge is 2.29. The third-order valence-electron chi connectivity index (χ3n) is 4.31. The van der Waals surface area contributed by atoms with Crippen LogP contribution in [0.1, 0.15) is 60.2 Å². The fourth-order valence-electron chi connectivity index (χ4n) is 2.85. The van der Waals surface area contributed by atoms with E-state index in [2.05, 4.69) is 10.6 Å². The summed E-state index contributed by atoms with van der Waals surface area (Å²) in [6.07, 6.45) is 5.66. The standard InChI is InChI=1S/C19H24N2O3S/c1-19(2,3)18(23)21-17-15(13-8-4-5-9-14(13)25-17)16(22)20-11-12-7-6-10-24-12/h6-7,10H,4-5,8-9,11H2,1-3H3,(H,20,22)(H,21,23). The highest BCUT2D eigenvalue weighted by molar-refractivity contribution is 7.17. The van der Waals surface area contributed by atoms with E-state index >= 15 is 0 Å². The van der Waals surface area contributed by atoms with Gasteiger partial charge in [0.1, 0.15) is 10.8 Å². The van der Waals surface area contributed by atoms with Crippen molar-refractivity contribution in [1.82, 2.24) is 5.32 Å². The summed E-state index contributed by atoms with van der Waals surface area (Å²) in [6, 6.07) is 3.62. The maximum Gasteiger partial charge on any atom is 0.254 e. The van der Waals surface area contributed by atoms with Gasteiger partial charge in [0.15, 0.2) is 0 Å². The molecule has 0 aromatic carbocycles. The second-order valence-corrected chi connectivity index (χ2v) is 8.49. The molecule has 134 valence electrons. The number of carbonyl (C=O) groups excluding carboxylic acids is 2. The summed E-state index contributed by atoms with van der Waals surface area (Å²) in [6.45, 7) is 5.94. The molecule has 0 radical (unpaired) electrons. The third kappa shape index (κ3) is 3.95. The Kier molecular flexibility index (Phi) is 4.99. The summed E-state index contributed by atoms with van der Waals surface area (Å²) >= 11 is 1.54. The molecule has 5 nitrogen and oxygen atoms in total. The van der Waals surface area contributed by atoms with Crippen molar-refractivity contribution in [3.63, 3.8) is 0 Å². The number of hydrogen-bond donors (Lipinski definition) is 2. The maximum atomic E-state index is 12.8. The topological polar surface area (TPSA) is 71.3 Å². The Morgan fingerprint density at radius 2 is 2.00 bits per heavy atom. The molecular weight excluding hydrogens is 336 g/mol. The van der Waals surface area contributed by atoms with Crippen molar-refractivity contribution in [3.05, 3.63) is 40.2 Å². The minimum atomic E-state index is -0.508.